The van der Waals surface area contributed by atoms with Crippen molar-refractivity contribution < 1.29 is 18.1 Å². The maximum absolute atomic E-state index is 13.6. The molecular formula is C27H29N3O5S. The fourth-order valence-corrected chi connectivity index (χ4v) is 6.29. The van der Waals surface area contributed by atoms with E-state index in [-0.39, 0.29) is 23.1 Å². The van der Waals surface area contributed by atoms with Crippen LogP contribution in [0.4, 0.5) is 11.4 Å². The number of hydrogen-bond donors (Lipinski definition) is 0. The molecule has 0 spiro atoms. The van der Waals surface area contributed by atoms with Crippen LogP contribution in [-0.2, 0) is 10.0 Å². The number of nitro benzene ring substituents is 1. The molecule has 0 radical (unpaired) electrons. The molecule has 8 nitrogen and oxygen atoms in total. The summed E-state index contributed by atoms with van der Waals surface area (Å²) in [5, 5.41) is 11.5. The minimum Gasteiger partial charge on any atom is -0.303 e. The van der Waals surface area contributed by atoms with Crippen molar-refractivity contribution in [3.05, 3.63) is 101 Å². The molecule has 1 fully saturated rings. The minimum absolute atomic E-state index is 0.00322. The number of rotatable bonds is 10. The molecule has 0 aliphatic carbocycles. The van der Waals surface area contributed by atoms with Gasteiger partial charge in [-0.15, -0.1) is 0 Å². The number of ketones is 1. The van der Waals surface area contributed by atoms with E-state index in [9.17, 15) is 23.3 Å². The second-order valence-corrected chi connectivity index (χ2v) is 10.7. The highest BCUT2D eigenvalue weighted by Gasteiger charge is 2.32. The summed E-state index contributed by atoms with van der Waals surface area (Å²) >= 11 is 0. The third-order valence-electron chi connectivity index (χ3n) is 6.53. The summed E-state index contributed by atoms with van der Waals surface area (Å²) in [6, 6.07) is 23.4. The van der Waals surface area contributed by atoms with Gasteiger partial charge in [-0.05, 0) is 57.1 Å². The number of likely N-dealkylation sites (tertiary alicyclic amines) is 1. The lowest BCUT2D eigenvalue weighted by molar-refractivity contribution is -0.387. The molecular weight excluding hydrogens is 478 g/mol. The van der Waals surface area contributed by atoms with Crippen molar-refractivity contribution in [3.8, 4) is 0 Å². The fraction of sp³-hybridized carbons (Fsp3) is 0.296. The Hall–Kier alpha value is -3.56. The van der Waals surface area contributed by atoms with Crippen molar-refractivity contribution in [2.45, 2.75) is 24.2 Å². The number of nitro groups is 1. The van der Waals surface area contributed by atoms with Gasteiger partial charge in [-0.3, -0.25) is 19.2 Å². The second-order valence-electron chi connectivity index (χ2n) is 8.84. The van der Waals surface area contributed by atoms with Crippen molar-refractivity contribution in [2.24, 2.45) is 5.92 Å². The van der Waals surface area contributed by atoms with Gasteiger partial charge in [-0.25, -0.2) is 8.42 Å². The number of piperidine rings is 1. The molecule has 3 aromatic rings. The van der Waals surface area contributed by atoms with Gasteiger partial charge >= 0.3 is 0 Å². The zero-order valence-electron chi connectivity index (χ0n) is 19.9. The number of nitrogens with zero attached hydrogens (tertiary/aromatic N) is 3. The van der Waals surface area contributed by atoms with E-state index in [1.807, 2.05) is 30.3 Å². The van der Waals surface area contributed by atoms with Gasteiger partial charge in [0.1, 0.15) is 0 Å². The maximum atomic E-state index is 13.6. The van der Waals surface area contributed by atoms with E-state index in [1.54, 1.807) is 30.3 Å². The molecule has 1 heterocycles. The highest BCUT2D eigenvalue weighted by molar-refractivity contribution is 7.93. The first-order valence-electron chi connectivity index (χ1n) is 12.0. The summed E-state index contributed by atoms with van der Waals surface area (Å²) < 4.78 is 28.4. The molecule has 0 unspecified atom stereocenters. The average molecular weight is 508 g/mol. The van der Waals surface area contributed by atoms with Gasteiger partial charge in [-0.1, -0.05) is 60.7 Å². The number of para-hydroxylation sites is 2. The van der Waals surface area contributed by atoms with Gasteiger partial charge in [0.25, 0.3) is 15.7 Å². The lowest BCUT2D eigenvalue weighted by atomic mass is 9.89. The minimum atomic E-state index is -4.15. The SMILES string of the molecule is O=C(c1ccccc1)C1CCN(CCCN(c2ccccc2)S(=O)(=O)c2ccccc2[N+](=O)[O-])CC1. The first kappa shape index (κ1) is 25.5. The van der Waals surface area contributed by atoms with E-state index in [4.69, 9.17) is 0 Å². The third-order valence-corrected chi connectivity index (χ3v) is 8.40. The van der Waals surface area contributed by atoms with Crippen LogP contribution >= 0.6 is 0 Å². The maximum Gasteiger partial charge on any atom is 0.289 e. The molecule has 0 bridgehead atoms. The lowest BCUT2D eigenvalue weighted by Crippen LogP contribution is -2.39. The Labute approximate surface area is 211 Å². The van der Waals surface area contributed by atoms with Crippen LogP contribution in [0.15, 0.2) is 89.8 Å². The summed E-state index contributed by atoms with van der Waals surface area (Å²) in [5.74, 6) is 0.185. The Morgan fingerprint density at radius 2 is 1.50 bits per heavy atom. The van der Waals surface area contributed by atoms with Crippen LogP contribution in [0.2, 0.25) is 0 Å². The number of Topliss-reactive ketones (excluding diaryl/α,β-unsaturated/α-hetero) is 1. The average Bonchev–Trinajstić information content (AvgIpc) is 2.92. The summed E-state index contributed by atoms with van der Waals surface area (Å²) in [6.07, 6.45) is 2.08. The van der Waals surface area contributed by atoms with E-state index >= 15 is 0 Å². The highest BCUT2D eigenvalue weighted by Crippen LogP contribution is 2.30. The number of carbonyl (C=O) groups excluding carboxylic acids is 1. The van der Waals surface area contributed by atoms with E-state index in [0.717, 1.165) is 31.5 Å². The molecule has 1 saturated heterocycles. The molecule has 0 atom stereocenters. The predicted molar refractivity (Wildman–Crippen MR) is 139 cm³/mol. The van der Waals surface area contributed by atoms with Crippen LogP contribution in [-0.4, -0.2) is 50.2 Å². The smallest absolute Gasteiger partial charge is 0.289 e. The standard InChI is InChI=1S/C27H29N3O5S/c31-27(22-10-3-1-4-11-22)23-16-20-28(21-17-23)18-9-19-29(24-12-5-2-6-13-24)36(34,35)26-15-8-7-14-25(26)30(32)33/h1-8,10-15,23H,9,16-21H2. The van der Waals surface area contributed by atoms with Crippen LogP contribution < -0.4 is 4.31 Å². The number of benzene rings is 3. The van der Waals surface area contributed by atoms with Crippen molar-refractivity contribution in [1.29, 1.82) is 0 Å². The molecule has 0 saturated carbocycles. The van der Waals surface area contributed by atoms with Crippen molar-refractivity contribution in [3.63, 3.8) is 0 Å². The zero-order chi connectivity index (χ0) is 25.5. The van der Waals surface area contributed by atoms with Crippen molar-refractivity contribution in [1.82, 2.24) is 4.90 Å². The molecule has 1 aliphatic heterocycles. The second kappa shape index (κ2) is 11.5. The first-order chi connectivity index (χ1) is 17.4. The van der Waals surface area contributed by atoms with E-state index in [0.29, 0.717) is 18.7 Å². The quantitative estimate of drug-likeness (QED) is 0.222. The number of anilines is 1. The topological polar surface area (TPSA) is 101 Å². The number of hydrogen-bond acceptors (Lipinski definition) is 6. The first-order valence-corrected chi connectivity index (χ1v) is 13.4. The van der Waals surface area contributed by atoms with Crippen LogP contribution in [0.25, 0.3) is 0 Å². The fourth-order valence-electron chi connectivity index (χ4n) is 4.62. The third kappa shape index (κ3) is 5.80. The normalized spacial score (nSPS) is 14.9. The molecule has 4 rings (SSSR count). The van der Waals surface area contributed by atoms with Crippen molar-refractivity contribution >= 4 is 27.2 Å². The van der Waals surface area contributed by atoms with Crippen LogP contribution in [0, 0.1) is 16.0 Å². The molecule has 0 amide bonds. The Bertz CT molecular complexity index is 1290. The Morgan fingerprint density at radius 3 is 2.14 bits per heavy atom. The van der Waals surface area contributed by atoms with Gasteiger partial charge in [-0.2, -0.15) is 0 Å². The summed E-state index contributed by atoms with van der Waals surface area (Å²) in [5.41, 5.74) is 0.765. The molecule has 188 valence electrons. The Kier molecular flexibility index (Phi) is 8.12. The summed E-state index contributed by atoms with van der Waals surface area (Å²) in [6.45, 7) is 2.39. The lowest BCUT2D eigenvalue weighted by Gasteiger charge is -2.32. The van der Waals surface area contributed by atoms with E-state index < -0.39 is 20.6 Å². The molecule has 0 aromatic heterocycles. The monoisotopic (exact) mass is 507 g/mol. The van der Waals surface area contributed by atoms with E-state index in [2.05, 4.69) is 4.90 Å². The molecule has 3 aromatic carbocycles. The van der Waals surface area contributed by atoms with Crippen LogP contribution in [0.1, 0.15) is 29.6 Å². The molecule has 9 heteroatoms. The molecule has 1 aliphatic rings. The van der Waals surface area contributed by atoms with Crippen molar-refractivity contribution in [2.75, 3.05) is 30.5 Å². The van der Waals surface area contributed by atoms with Crippen LogP contribution in [0.3, 0.4) is 0 Å². The van der Waals surface area contributed by atoms with Crippen LogP contribution in [0.5, 0.6) is 0 Å². The zero-order valence-corrected chi connectivity index (χ0v) is 20.7. The number of carbonyl (C=O) groups is 1. The highest BCUT2D eigenvalue weighted by atomic mass is 32.2. The van der Waals surface area contributed by atoms with Gasteiger partial charge in [0.05, 0.1) is 10.6 Å². The van der Waals surface area contributed by atoms with Gasteiger partial charge in [0.2, 0.25) is 0 Å². The number of sulfonamides is 1. The Balaban J connectivity index is 1.42. The largest absolute Gasteiger partial charge is 0.303 e. The molecule has 0 N–H and O–H groups in total. The molecule has 36 heavy (non-hydrogen) atoms. The summed E-state index contributed by atoms with van der Waals surface area (Å²) in [4.78, 5) is 25.5. The Morgan fingerprint density at radius 1 is 0.917 bits per heavy atom. The van der Waals surface area contributed by atoms with Gasteiger partial charge < -0.3 is 4.90 Å². The predicted octanol–water partition coefficient (Wildman–Crippen LogP) is 4.78. The van der Waals surface area contributed by atoms with E-state index in [1.165, 1.54) is 28.6 Å². The van der Waals surface area contributed by atoms with Gasteiger partial charge in [0, 0.05) is 24.1 Å². The van der Waals surface area contributed by atoms with Gasteiger partial charge in [0.15, 0.2) is 10.7 Å². The summed E-state index contributed by atoms with van der Waals surface area (Å²) in [7, 11) is -4.15.